The summed E-state index contributed by atoms with van der Waals surface area (Å²) in [5.74, 6) is -0.00651. The zero-order chi connectivity index (χ0) is 19.4. The van der Waals surface area contributed by atoms with Gasteiger partial charge in [-0.2, -0.15) is 0 Å². The lowest BCUT2D eigenvalue weighted by Crippen LogP contribution is -2.57. The first-order valence-corrected chi connectivity index (χ1v) is 9.66. The third-order valence-corrected chi connectivity index (χ3v) is 5.48. The van der Waals surface area contributed by atoms with Gasteiger partial charge in [-0.25, -0.2) is 4.79 Å². The summed E-state index contributed by atoms with van der Waals surface area (Å²) in [5, 5.41) is 12.1. The number of aliphatic carboxylic acids is 1. The number of benzene rings is 1. The highest BCUT2D eigenvalue weighted by Crippen LogP contribution is 2.31. The van der Waals surface area contributed by atoms with Gasteiger partial charge < -0.3 is 20.1 Å². The van der Waals surface area contributed by atoms with Gasteiger partial charge in [-0.05, 0) is 38.3 Å². The summed E-state index contributed by atoms with van der Waals surface area (Å²) in [5.41, 5.74) is 1.01. The highest BCUT2D eigenvalue weighted by molar-refractivity contribution is 5.75. The molecule has 2 fully saturated rings. The predicted molar refractivity (Wildman–Crippen MR) is 102 cm³/mol. The number of carboxylic acids is 1. The van der Waals surface area contributed by atoms with E-state index in [0.29, 0.717) is 19.1 Å². The largest absolute Gasteiger partial charge is 0.496 e. The fourth-order valence-corrected chi connectivity index (χ4v) is 3.70. The molecule has 0 saturated heterocycles. The molecule has 0 spiro atoms. The van der Waals surface area contributed by atoms with Gasteiger partial charge in [-0.15, -0.1) is 0 Å². The number of urea groups is 1. The highest BCUT2D eigenvalue weighted by atomic mass is 16.5. The Labute approximate surface area is 160 Å². The highest BCUT2D eigenvalue weighted by Gasteiger charge is 2.38. The number of methoxy groups -OCH3 is 1. The van der Waals surface area contributed by atoms with Crippen molar-refractivity contribution in [2.75, 3.05) is 20.2 Å². The van der Waals surface area contributed by atoms with Gasteiger partial charge in [0, 0.05) is 23.7 Å². The van der Waals surface area contributed by atoms with Crippen LogP contribution in [0.25, 0.3) is 0 Å². The second-order valence-corrected chi connectivity index (χ2v) is 7.40. The Morgan fingerprint density at radius 1 is 1.22 bits per heavy atom. The van der Waals surface area contributed by atoms with Crippen LogP contribution in [0.2, 0.25) is 0 Å². The van der Waals surface area contributed by atoms with Crippen LogP contribution in [-0.4, -0.2) is 65.2 Å². The summed E-state index contributed by atoms with van der Waals surface area (Å²) < 4.78 is 5.41. The molecule has 7 nitrogen and oxygen atoms in total. The minimum Gasteiger partial charge on any atom is -0.496 e. The summed E-state index contributed by atoms with van der Waals surface area (Å²) >= 11 is 0. The van der Waals surface area contributed by atoms with E-state index < -0.39 is 5.97 Å². The second-order valence-electron chi connectivity index (χ2n) is 7.40. The third-order valence-electron chi connectivity index (χ3n) is 5.48. The molecule has 148 valence electrons. The number of hydrogen-bond donors (Lipinski definition) is 2. The van der Waals surface area contributed by atoms with Crippen LogP contribution in [0, 0.1) is 0 Å². The molecule has 3 rings (SSSR count). The molecule has 0 aromatic heterocycles. The number of rotatable bonds is 9. The summed E-state index contributed by atoms with van der Waals surface area (Å²) in [6.45, 7) is 3.27. The molecule has 1 aromatic carbocycles. The Kier molecular flexibility index (Phi) is 6.21. The number of para-hydroxylation sites is 1. The van der Waals surface area contributed by atoms with Crippen LogP contribution < -0.4 is 10.1 Å². The van der Waals surface area contributed by atoms with E-state index in [2.05, 4.69) is 5.32 Å². The van der Waals surface area contributed by atoms with Crippen molar-refractivity contribution in [3.05, 3.63) is 29.8 Å². The fourth-order valence-electron chi connectivity index (χ4n) is 3.70. The first kappa shape index (κ1) is 19.5. The standard InChI is InChI=1S/C20H29N3O4/c1-3-22(13-19(24)25)17-10-15(11-17)21-20(26)23(16-8-9-16)12-14-6-4-5-7-18(14)27-2/h4-7,15-17H,3,8-13H2,1-2H3,(H,21,26)(H,24,25). The van der Waals surface area contributed by atoms with Gasteiger partial charge in [-0.3, -0.25) is 9.69 Å². The van der Waals surface area contributed by atoms with E-state index >= 15 is 0 Å². The molecule has 1 aromatic rings. The van der Waals surface area contributed by atoms with Gasteiger partial charge in [0.05, 0.1) is 20.2 Å². The fraction of sp³-hybridized carbons (Fsp3) is 0.600. The van der Waals surface area contributed by atoms with E-state index in [-0.39, 0.29) is 24.7 Å². The zero-order valence-corrected chi connectivity index (χ0v) is 16.1. The van der Waals surface area contributed by atoms with Crippen molar-refractivity contribution in [2.24, 2.45) is 0 Å². The van der Waals surface area contributed by atoms with E-state index in [1.54, 1.807) is 7.11 Å². The topological polar surface area (TPSA) is 82.1 Å². The minimum atomic E-state index is -0.805. The first-order chi connectivity index (χ1) is 13.0. The number of ether oxygens (including phenoxy) is 1. The van der Waals surface area contributed by atoms with Crippen molar-refractivity contribution in [2.45, 2.75) is 57.3 Å². The maximum atomic E-state index is 12.8. The normalized spacial score (nSPS) is 21.4. The Morgan fingerprint density at radius 2 is 1.93 bits per heavy atom. The Morgan fingerprint density at radius 3 is 2.52 bits per heavy atom. The smallest absolute Gasteiger partial charge is 0.318 e. The van der Waals surface area contributed by atoms with E-state index in [4.69, 9.17) is 9.84 Å². The van der Waals surface area contributed by atoms with Gasteiger partial charge in [0.15, 0.2) is 0 Å². The monoisotopic (exact) mass is 375 g/mol. The Balaban J connectivity index is 1.54. The molecule has 0 aliphatic heterocycles. The van der Waals surface area contributed by atoms with E-state index in [1.807, 2.05) is 41.0 Å². The number of nitrogens with zero attached hydrogens (tertiary/aromatic N) is 2. The molecule has 2 aliphatic carbocycles. The number of carboxylic acid groups (broad SMARTS) is 1. The van der Waals surface area contributed by atoms with Crippen molar-refractivity contribution in [3.63, 3.8) is 0 Å². The van der Waals surface area contributed by atoms with Crippen molar-refractivity contribution < 1.29 is 19.4 Å². The average molecular weight is 375 g/mol. The molecule has 2 saturated carbocycles. The van der Waals surface area contributed by atoms with Crippen molar-refractivity contribution in [3.8, 4) is 5.75 Å². The van der Waals surface area contributed by atoms with Gasteiger partial charge in [0.1, 0.15) is 5.75 Å². The molecule has 2 aliphatic rings. The molecule has 0 heterocycles. The van der Waals surface area contributed by atoms with Crippen LogP contribution in [0.3, 0.4) is 0 Å². The summed E-state index contributed by atoms with van der Waals surface area (Å²) in [6, 6.07) is 8.40. The van der Waals surface area contributed by atoms with E-state index in [0.717, 1.165) is 37.0 Å². The summed E-state index contributed by atoms with van der Waals surface area (Å²) in [7, 11) is 1.64. The second kappa shape index (κ2) is 8.61. The Hall–Kier alpha value is -2.28. The van der Waals surface area contributed by atoms with Gasteiger partial charge >= 0.3 is 12.0 Å². The maximum absolute atomic E-state index is 12.8. The van der Waals surface area contributed by atoms with Crippen LogP contribution in [0.5, 0.6) is 5.75 Å². The molecule has 0 unspecified atom stereocenters. The van der Waals surface area contributed by atoms with Crippen molar-refractivity contribution >= 4 is 12.0 Å². The first-order valence-electron chi connectivity index (χ1n) is 9.66. The molecular formula is C20H29N3O4. The molecule has 0 radical (unpaired) electrons. The molecule has 0 bridgehead atoms. The number of carbonyl (C=O) groups excluding carboxylic acids is 1. The van der Waals surface area contributed by atoms with Gasteiger partial charge in [0.2, 0.25) is 0 Å². The van der Waals surface area contributed by atoms with Crippen LogP contribution in [0.4, 0.5) is 4.79 Å². The van der Waals surface area contributed by atoms with Crippen LogP contribution >= 0.6 is 0 Å². The summed E-state index contributed by atoms with van der Waals surface area (Å²) in [4.78, 5) is 27.6. The lowest BCUT2D eigenvalue weighted by molar-refractivity contribution is -0.139. The maximum Gasteiger partial charge on any atom is 0.318 e. The number of carbonyl (C=O) groups is 2. The molecule has 7 heteroatoms. The van der Waals surface area contributed by atoms with Crippen molar-refractivity contribution in [1.29, 1.82) is 0 Å². The molecule has 27 heavy (non-hydrogen) atoms. The molecule has 2 N–H and O–H groups in total. The minimum absolute atomic E-state index is 0.0341. The van der Waals surface area contributed by atoms with Gasteiger partial charge in [0.25, 0.3) is 0 Å². The molecule has 0 atom stereocenters. The third kappa shape index (κ3) is 4.91. The SMILES string of the molecule is CCN(CC(=O)O)C1CC(NC(=O)N(Cc2ccccc2OC)C2CC2)C1. The number of nitrogens with one attached hydrogen (secondary N) is 1. The Bertz CT molecular complexity index is 671. The number of amides is 2. The van der Waals surface area contributed by atoms with Crippen LogP contribution in [0.15, 0.2) is 24.3 Å². The molecular weight excluding hydrogens is 346 g/mol. The zero-order valence-electron chi connectivity index (χ0n) is 16.1. The lowest BCUT2D eigenvalue weighted by atomic mass is 9.85. The predicted octanol–water partition coefficient (Wildman–Crippen LogP) is 2.31. The van der Waals surface area contributed by atoms with E-state index in [1.165, 1.54) is 0 Å². The van der Waals surface area contributed by atoms with Crippen LogP contribution in [-0.2, 0) is 11.3 Å². The number of likely N-dealkylation sites (N-methyl/N-ethyl adjacent to an activating group) is 1. The number of hydrogen-bond acceptors (Lipinski definition) is 4. The van der Waals surface area contributed by atoms with Gasteiger partial charge in [-0.1, -0.05) is 25.1 Å². The van der Waals surface area contributed by atoms with Crippen LogP contribution in [0.1, 0.15) is 38.2 Å². The summed E-state index contributed by atoms with van der Waals surface area (Å²) in [6.07, 6.45) is 3.69. The van der Waals surface area contributed by atoms with Crippen molar-refractivity contribution in [1.82, 2.24) is 15.1 Å². The quantitative estimate of drug-likeness (QED) is 0.692. The van der Waals surface area contributed by atoms with E-state index in [9.17, 15) is 9.59 Å². The molecule has 2 amide bonds. The average Bonchev–Trinajstić information content (AvgIpc) is 3.45. The lowest BCUT2D eigenvalue weighted by Gasteiger charge is -2.42.